The third-order valence-electron chi connectivity index (χ3n) is 7.80. The van der Waals surface area contributed by atoms with Gasteiger partial charge in [0.05, 0.1) is 17.8 Å². The zero-order valence-electron chi connectivity index (χ0n) is 23.1. The summed E-state index contributed by atoms with van der Waals surface area (Å²) < 4.78 is 8.42. The number of anilines is 1. The topological polar surface area (TPSA) is 42.3 Å². The SMILES string of the molecule is Cc1cccc(-n2c(C)cc([C@@H]3[C@@H](c4ccccn4)NC(=S)N3c3ccc(Oc4ccccc4)cc3)c2C)c1C. The Labute approximate surface area is 241 Å². The van der Waals surface area contributed by atoms with Gasteiger partial charge in [0, 0.05) is 29.0 Å². The highest BCUT2D eigenvalue weighted by Crippen LogP contribution is 2.44. The van der Waals surface area contributed by atoms with Crippen molar-refractivity contribution < 1.29 is 4.74 Å². The van der Waals surface area contributed by atoms with Crippen LogP contribution in [-0.2, 0) is 0 Å². The zero-order valence-corrected chi connectivity index (χ0v) is 23.9. The molecule has 1 aliphatic heterocycles. The molecule has 0 amide bonds. The van der Waals surface area contributed by atoms with E-state index in [2.05, 4.69) is 84.9 Å². The van der Waals surface area contributed by atoms with Crippen molar-refractivity contribution in [3.05, 3.63) is 137 Å². The molecule has 1 saturated heterocycles. The largest absolute Gasteiger partial charge is 0.457 e. The molecule has 1 aliphatic rings. The van der Waals surface area contributed by atoms with E-state index >= 15 is 0 Å². The summed E-state index contributed by atoms with van der Waals surface area (Å²) in [6.45, 7) is 8.74. The van der Waals surface area contributed by atoms with Crippen LogP contribution in [0.4, 0.5) is 5.69 Å². The van der Waals surface area contributed by atoms with Gasteiger partial charge in [0.15, 0.2) is 5.11 Å². The molecule has 0 unspecified atom stereocenters. The molecule has 6 rings (SSSR count). The molecule has 2 atom stereocenters. The maximum absolute atomic E-state index is 6.05. The summed E-state index contributed by atoms with van der Waals surface area (Å²) in [7, 11) is 0. The van der Waals surface area contributed by atoms with Crippen molar-refractivity contribution in [2.24, 2.45) is 0 Å². The van der Waals surface area contributed by atoms with Crippen LogP contribution in [0.25, 0.3) is 5.69 Å². The van der Waals surface area contributed by atoms with Gasteiger partial charge < -0.3 is 19.5 Å². The Balaban J connectivity index is 1.44. The fourth-order valence-electron chi connectivity index (χ4n) is 5.68. The highest BCUT2D eigenvalue weighted by Gasteiger charge is 2.42. The van der Waals surface area contributed by atoms with Gasteiger partial charge in [0.1, 0.15) is 11.5 Å². The summed E-state index contributed by atoms with van der Waals surface area (Å²) in [5, 5.41) is 4.27. The van der Waals surface area contributed by atoms with Crippen molar-refractivity contribution in [3.63, 3.8) is 0 Å². The first kappa shape index (κ1) is 25.8. The van der Waals surface area contributed by atoms with Crippen molar-refractivity contribution >= 4 is 23.0 Å². The average Bonchev–Trinajstić information content (AvgIpc) is 3.46. The Bertz CT molecular complexity index is 1660. The summed E-state index contributed by atoms with van der Waals surface area (Å²) in [6.07, 6.45) is 1.84. The highest BCUT2D eigenvalue weighted by molar-refractivity contribution is 7.80. The van der Waals surface area contributed by atoms with E-state index in [1.807, 2.05) is 60.8 Å². The number of rotatable bonds is 6. The summed E-state index contributed by atoms with van der Waals surface area (Å²) in [5.41, 5.74) is 9.31. The Morgan fingerprint density at radius 1 is 0.800 bits per heavy atom. The summed E-state index contributed by atoms with van der Waals surface area (Å²) in [4.78, 5) is 6.95. The van der Waals surface area contributed by atoms with Gasteiger partial charge in [-0.2, -0.15) is 0 Å². The molecule has 5 aromatic rings. The number of hydrogen-bond acceptors (Lipinski definition) is 3. The van der Waals surface area contributed by atoms with Crippen LogP contribution in [-0.4, -0.2) is 14.7 Å². The van der Waals surface area contributed by atoms with Gasteiger partial charge in [0.25, 0.3) is 0 Å². The Morgan fingerprint density at radius 3 is 2.25 bits per heavy atom. The smallest absolute Gasteiger partial charge is 0.174 e. The predicted molar refractivity (Wildman–Crippen MR) is 166 cm³/mol. The van der Waals surface area contributed by atoms with Crippen molar-refractivity contribution in [1.82, 2.24) is 14.9 Å². The Morgan fingerprint density at radius 2 is 1.52 bits per heavy atom. The number of aryl methyl sites for hydroxylation is 2. The van der Waals surface area contributed by atoms with Crippen LogP contribution in [0.1, 0.15) is 45.9 Å². The molecular formula is C34H32N4OS. The lowest BCUT2D eigenvalue weighted by Crippen LogP contribution is -2.29. The lowest BCUT2D eigenvalue weighted by molar-refractivity contribution is 0.482. The number of benzene rings is 3. The van der Waals surface area contributed by atoms with E-state index in [9.17, 15) is 0 Å². The van der Waals surface area contributed by atoms with E-state index in [0.717, 1.165) is 22.9 Å². The third-order valence-corrected chi connectivity index (χ3v) is 8.11. The number of hydrogen-bond donors (Lipinski definition) is 1. The second kappa shape index (κ2) is 10.6. The van der Waals surface area contributed by atoms with Crippen LogP contribution in [0.2, 0.25) is 0 Å². The Hall–Kier alpha value is -4.42. The van der Waals surface area contributed by atoms with Crippen molar-refractivity contribution in [2.75, 3.05) is 4.90 Å². The van der Waals surface area contributed by atoms with E-state index in [0.29, 0.717) is 5.11 Å². The molecule has 1 fully saturated rings. The molecule has 0 radical (unpaired) electrons. The van der Waals surface area contributed by atoms with Gasteiger partial charge in [0.2, 0.25) is 0 Å². The van der Waals surface area contributed by atoms with Gasteiger partial charge >= 0.3 is 0 Å². The maximum Gasteiger partial charge on any atom is 0.174 e. The molecule has 40 heavy (non-hydrogen) atoms. The average molecular weight is 545 g/mol. The minimum Gasteiger partial charge on any atom is -0.457 e. The third kappa shape index (κ3) is 4.65. The predicted octanol–water partition coefficient (Wildman–Crippen LogP) is 8.08. The second-order valence-corrected chi connectivity index (χ2v) is 10.7. The lowest BCUT2D eigenvalue weighted by atomic mass is 9.96. The molecule has 0 spiro atoms. The highest BCUT2D eigenvalue weighted by atomic mass is 32.1. The maximum atomic E-state index is 6.05. The van der Waals surface area contributed by atoms with Crippen LogP contribution in [0.5, 0.6) is 11.5 Å². The lowest BCUT2D eigenvalue weighted by Gasteiger charge is -2.28. The molecular weight excluding hydrogens is 512 g/mol. The van der Waals surface area contributed by atoms with Crippen LogP contribution >= 0.6 is 12.2 Å². The molecule has 200 valence electrons. The summed E-state index contributed by atoms with van der Waals surface area (Å²) in [6, 6.07) is 32.6. The van der Waals surface area contributed by atoms with E-state index in [-0.39, 0.29) is 12.1 Å². The van der Waals surface area contributed by atoms with Gasteiger partial charge in [-0.15, -0.1) is 0 Å². The second-order valence-electron chi connectivity index (χ2n) is 10.3. The van der Waals surface area contributed by atoms with E-state index in [1.165, 1.54) is 33.8 Å². The molecule has 0 aliphatic carbocycles. The first-order valence-electron chi connectivity index (χ1n) is 13.5. The number of aromatic nitrogens is 2. The molecule has 0 bridgehead atoms. The number of ether oxygens (including phenoxy) is 1. The summed E-state index contributed by atoms with van der Waals surface area (Å²) >= 11 is 5.98. The first-order valence-corrected chi connectivity index (χ1v) is 13.9. The van der Waals surface area contributed by atoms with Gasteiger partial charge in [-0.05, 0) is 117 Å². The fraction of sp³-hybridized carbons (Fsp3) is 0.176. The molecule has 1 N–H and O–H groups in total. The fourth-order valence-corrected chi connectivity index (χ4v) is 6.03. The molecule has 2 aromatic heterocycles. The molecule has 0 saturated carbocycles. The van der Waals surface area contributed by atoms with E-state index < -0.39 is 0 Å². The minimum absolute atomic E-state index is 0.0895. The minimum atomic E-state index is -0.110. The number of thiocarbonyl (C=S) groups is 1. The molecule has 6 heteroatoms. The van der Waals surface area contributed by atoms with Gasteiger partial charge in [-0.1, -0.05) is 36.4 Å². The normalized spacial score (nSPS) is 16.7. The number of nitrogens with zero attached hydrogens (tertiary/aromatic N) is 3. The Kier molecular flexibility index (Phi) is 6.86. The van der Waals surface area contributed by atoms with Crippen molar-refractivity contribution in [2.45, 2.75) is 39.8 Å². The van der Waals surface area contributed by atoms with Crippen LogP contribution in [0.3, 0.4) is 0 Å². The standard InChI is InChI=1S/C34H32N4OS/c1-22-11-10-15-31(24(22)3)37-23(2)21-29(25(37)4)33-32(30-14-8-9-20-35-30)36-34(40)38(33)26-16-18-28(19-17-26)39-27-12-6-5-7-13-27/h5-21,32-33H,1-4H3,(H,36,40)/t32-,33-/m1/s1. The van der Waals surface area contributed by atoms with Crippen molar-refractivity contribution in [3.8, 4) is 17.2 Å². The number of pyridine rings is 1. The van der Waals surface area contributed by atoms with Gasteiger partial charge in [-0.25, -0.2) is 0 Å². The zero-order chi connectivity index (χ0) is 27.8. The van der Waals surface area contributed by atoms with Crippen LogP contribution in [0, 0.1) is 27.7 Å². The quantitative estimate of drug-likeness (QED) is 0.219. The van der Waals surface area contributed by atoms with E-state index in [1.54, 1.807) is 0 Å². The van der Waals surface area contributed by atoms with Crippen molar-refractivity contribution in [1.29, 1.82) is 0 Å². The van der Waals surface area contributed by atoms with Crippen LogP contribution < -0.4 is 15.0 Å². The number of para-hydroxylation sites is 1. The molecule has 3 heterocycles. The van der Waals surface area contributed by atoms with E-state index in [4.69, 9.17) is 21.9 Å². The molecule has 3 aromatic carbocycles. The van der Waals surface area contributed by atoms with Gasteiger partial charge in [-0.3, -0.25) is 4.98 Å². The first-order chi connectivity index (χ1) is 19.4. The molecule has 5 nitrogen and oxygen atoms in total. The monoisotopic (exact) mass is 544 g/mol. The number of nitrogens with one attached hydrogen (secondary N) is 1. The van der Waals surface area contributed by atoms with Crippen LogP contribution in [0.15, 0.2) is 103 Å². The summed E-state index contributed by atoms with van der Waals surface area (Å²) in [5.74, 6) is 1.58.